The average molecular weight is 661 g/mol. The van der Waals surface area contributed by atoms with Crippen LogP contribution in [0.2, 0.25) is 0 Å². The number of aromatic nitrogens is 1. The Labute approximate surface area is 268 Å². The number of anilines is 2. The van der Waals surface area contributed by atoms with Crippen LogP contribution in [0.3, 0.4) is 0 Å². The second kappa shape index (κ2) is 12.4. The lowest BCUT2D eigenvalue weighted by Gasteiger charge is -2.39. The van der Waals surface area contributed by atoms with Crippen LogP contribution in [-0.4, -0.2) is 64.5 Å². The second-order valence-corrected chi connectivity index (χ2v) is 12.8. The van der Waals surface area contributed by atoms with Crippen molar-refractivity contribution in [1.29, 1.82) is 0 Å². The van der Waals surface area contributed by atoms with Gasteiger partial charge in [0, 0.05) is 23.8 Å². The van der Waals surface area contributed by atoms with Crippen LogP contribution in [0.15, 0.2) is 54.7 Å². The summed E-state index contributed by atoms with van der Waals surface area (Å²) in [5.74, 6) is -2.45. The molecule has 0 spiro atoms. The van der Waals surface area contributed by atoms with Gasteiger partial charge in [0.2, 0.25) is 5.60 Å². The molecule has 4 rings (SSSR count). The summed E-state index contributed by atoms with van der Waals surface area (Å²) in [5, 5.41) is 12.2. The van der Waals surface area contributed by atoms with Gasteiger partial charge < -0.3 is 30.0 Å². The van der Waals surface area contributed by atoms with E-state index in [0.717, 1.165) is 29.2 Å². The maximum absolute atomic E-state index is 13.6. The van der Waals surface area contributed by atoms with Gasteiger partial charge in [-0.3, -0.25) is 9.59 Å². The zero-order valence-electron chi connectivity index (χ0n) is 26.5. The van der Waals surface area contributed by atoms with Crippen molar-refractivity contribution in [2.75, 3.05) is 23.0 Å². The number of carbonyl (C=O) groups is 4. The van der Waals surface area contributed by atoms with Gasteiger partial charge >= 0.3 is 18.4 Å². The maximum atomic E-state index is 13.6. The van der Waals surface area contributed by atoms with Crippen LogP contribution < -0.4 is 15.5 Å². The van der Waals surface area contributed by atoms with E-state index >= 15 is 0 Å². The summed E-state index contributed by atoms with van der Waals surface area (Å²) < 4.78 is 55.7. The lowest BCUT2D eigenvalue weighted by atomic mass is 9.84. The Balaban J connectivity index is 1.76. The van der Waals surface area contributed by atoms with Gasteiger partial charge in [0.25, 0.3) is 11.8 Å². The van der Waals surface area contributed by atoms with Gasteiger partial charge in [0.15, 0.2) is 11.9 Å². The topological polar surface area (TPSA) is 162 Å². The Kier molecular flexibility index (Phi) is 9.30. The molecule has 0 radical (unpaired) electrons. The molecule has 2 atom stereocenters. The molecule has 15 heteroatoms. The summed E-state index contributed by atoms with van der Waals surface area (Å²) in [6.07, 6.45) is -7.36. The third kappa shape index (κ3) is 7.46. The van der Waals surface area contributed by atoms with Gasteiger partial charge in [-0.25, -0.2) is 14.6 Å². The molecule has 1 aromatic heterocycles. The van der Waals surface area contributed by atoms with Gasteiger partial charge in [-0.2, -0.15) is 18.1 Å². The number of fused-ring (bicyclic) bond motifs is 1. The van der Waals surface area contributed by atoms with E-state index in [0.29, 0.717) is 4.90 Å². The number of carbonyl (C=O) groups excluding carboxylic acids is 4. The molecule has 2 aromatic carbocycles. The monoisotopic (exact) mass is 660 g/mol. The van der Waals surface area contributed by atoms with Gasteiger partial charge in [-0.15, -0.1) is 0 Å². The highest BCUT2D eigenvalue weighted by molar-refractivity contribution is 6.14. The number of aliphatic hydroxyl groups is 1. The molecule has 1 aliphatic rings. The number of hydrogen-bond acceptors (Lipinski definition) is 9. The number of ether oxygens (including phenoxy) is 3. The van der Waals surface area contributed by atoms with Crippen LogP contribution >= 0.6 is 0 Å². The molecular formula is C32H35F3N4O8. The van der Waals surface area contributed by atoms with Gasteiger partial charge in [0.1, 0.15) is 11.2 Å². The molecule has 3 N–H and O–H groups in total. The molecule has 47 heavy (non-hydrogen) atoms. The van der Waals surface area contributed by atoms with Crippen molar-refractivity contribution in [1.82, 2.24) is 4.98 Å². The Morgan fingerprint density at radius 3 is 2.00 bits per heavy atom. The quantitative estimate of drug-likeness (QED) is 0.382. The van der Waals surface area contributed by atoms with Crippen LogP contribution in [0.1, 0.15) is 52.7 Å². The molecule has 1 saturated heterocycles. The Bertz CT molecular complexity index is 1670. The van der Waals surface area contributed by atoms with Crippen molar-refractivity contribution >= 4 is 46.3 Å². The zero-order valence-corrected chi connectivity index (χ0v) is 26.5. The largest absolute Gasteiger partial charge is 0.443 e. The highest BCUT2D eigenvalue weighted by Gasteiger charge is 2.52. The summed E-state index contributed by atoms with van der Waals surface area (Å²) in [6, 6.07) is 9.17. The number of imide groups is 1. The summed E-state index contributed by atoms with van der Waals surface area (Å²) in [4.78, 5) is 58.9. The first-order valence-electron chi connectivity index (χ1n) is 14.4. The summed E-state index contributed by atoms with van der Waals surface area (Å²) in [7, 11) is 0. The Morgan fingerprint density at radius 2 is 1.49 bits per heavy atom. The minimum absolute atomic E-state index is 0.0759. The standard InChI is InChI=1S/C32H35F3N4O8/c1-29(2,3)46-27(42)39(28(43)47-30(4,5)6)24-22-12-9-20(17-18(22)13-14-37-24)31(44,26(36)41)23-25(40)38(15-16-45-23)21-10-7-19(8-11-21)32(33,34)35/h7-14,17,23,44H,15-16H2,1-6H3,(H2,36,41)/t23-,31?/m0/s1. The first kappa shape index (κ1) is 35.1. The predicted octanol–water partition coefficient (Wildman–Crippen LogP) is 5.04. The van der Waals surface area contributed by atoms with Crippen molar-refractivity contribution in [3.8, 4) is 0 Å². The summed E-state index contributed by atoms with van der Waals surface area (Å²) in [6.45, 7) is 9.40. The van der Waals surface area contributed by atoms with Crippen molar-refractivity contribution in [2.24, 2.45) is 5.73 Å². The molecule has 0 aliphatic carbocycles. The predicted molar refractivity (Wildman–Crippen MR) is 163 cm³/mol. The fraction of sp³-hybridized carbons (Fsp3) is 0.406. The third-order valence-electron chi connectivity index (χ3n) is 6.90. The lowest BCUT2D eigenvalue weighted by Crippen LogP contribution is -2.61. The van der Waals surface area contributed by atoms with Gasteiger partial charge in [0.05, 0.1) is 12.2 Å². The van der Waals surface area contributed by atoms with Crippen molar-refractivity contribution in [3.63, 3.8) is 0 Å². The van der Waals surface area contributed by atoms with Crippen LogP contribution in [-0.2, 0) is 35.6 Å². The van der Waals surface area contributed by atoms with Crippen LogP contribution in [0.4, 0.5) is 34.3 Å². The maximum Gasteiger partial charge on any atom is 0.425 e. The number of rotatable bonds is 5. The normalized spacial score (nSPS) is 17.2. The molecule has 252 valence electrons. The number of pyridine rings is 1. The number of alkyl halides is 3. The van der Waals surface area contributed by atoms with Crippen molar-refractivity contribution in [3.05, 3.63) is 65.9 Å². The number of amides is 4. The minimum atomic E-state index is -4.59. The number of nitrogens with zero attached hydrogens (tertiary/aromatic N) is 3. The molecule has 0 bridgehead atoms. The van der Waals surface area contributed by atoms with Crippen LogP contribution in [0.5, 0.6) is 0 Å². The smallest absolute Gasteiger partial charge is 0.425 e. The lowest BCUT2D eigenvalue weighted by molar-refractivity contribution is -0.171. The highest BCUT2D eigenvalue weighted by atomic mass is 19.4. The SMILES string of the molecule is CC(C)(C)OC(=O)N(C(=O)OC(C)(C)C)c1nccc2cc(C(O)(C(N)=O)[C@H]3OCCN(c4ccc(C(F)(F)F)cc4)C3=O)ccc12. The molecular weight excluding hydrogens is 625 g/mol. The Morgan fingerprint density at radius 1 is 0.936 bits per heavy atom. The number of benzene rings is 2. The van der Waals surface area contributed by atoms with E-state index in [2.05, 4.69) is 4.98 Å². The van der Waals surface area contributed by atoms with Crippen molar-refractivity contribution < 1.29 is 51.7 Å². The van der Waals surface area contributed by atoms with E-state index in [9.17, 15) is 37.5 Å². The van der Waals surface area contributed by atoms with Crippen LogP contribution in [0, 0.1) is 0 Å². The molecule has 3 aromatic rings. The number of primary amides is 1. The number of halogens is 3. The average Bonchev–Trinajstić information content (AvgIpc) is 2.94. The van der Waals surface area contributed by atoms with E-state index in [1.807, 2.05) is 0 Å². The van der Waals surface area contributed by atoms with E-state index in [1.165, 1.54) is 30.5 Å². The molecule has 1 unspecified atom stereocenters. The van der Waals surface area contributed by atoms with Crippen LogP contribution in [0.25, 0.3) is 10.8 Å². The van der Waals surface area contributed by atoms with E-state index in [-0.39, 0.29) is 41.0 Å². The minimum Gasteiger partial charge on any atom is -0.443 e. The van der Waals surface area contributed by atoms with E-state index in [4.69, 9.17) is 19.9 Å². The van der Waals surface area contributed by atoms with E-state index in [1.54, 1.807) is 41.5 Å². The fourth-order valence-electron chi connectivity index (χ4n) is 4.83. The molecule has 1 aliphatic heterocycles. The zero-order chi connectivity index (χ0) is 35.1. The summed E-state index contributed by atoms with van der Waals surface area (Å²) >= 11 is 0. The number of hydrogen-bond donors (Lipinski definition) is 2. The van der Waals surface area contributed by atoms with E-state index < -0.39 is 58.6 Å². The molecule has 12 nitrogen and oxygen atoms in total. The fourth-order valence-corrected chi connectivity index (χ4v) is 4.83. The van der Waals surface area contributed by atoms with Gasteiger partial charge in [-0.1, -0.05) is 12.1 Å². The first-order valence-corrected chi connectivity index (χ1v) is 14.4. The Hall–Kier alpha value is -4.76. The second-order valence-electron chi connectivity index (χ2n) is 12.8. The third-order valence-corrected chi connectivity index (χ3v) is 6.90. The first-order chi connectivity index (χ1) is 21.6. The molecule has 2 heterocycles. The highest BCUT2D eigenvalue weighted by Crippen LogP contribution is 2.37. The number of morpholine rings is 1. The molecule has 0 saturated carbocycles. The molecule has 4 amide bonds. The summed E-state index contributed by atoms with van der Waals surface area (Å²) in [5.41, 5.74) is -0.0943. The number of nitrogens with two attached hydrogens (primary N) is 1. The molecule has 1 fully saturated rings. The van der Waals surface area contributed by atoms with Gasteiger partial charge in [-0.05, 0) is 88.9 Å². The van der Waals surface area contributed by atoms with Crippen molar-refractivity contribution in [2.45, 2.75) is 70.6 Å².